The molecule has 2 saturated heterocycles. The number of aryl methyl sites for hydroxylation is 1. The lowest BCUT2D eigenvalue weighted by Crippen LogP contribution is -2.46. The molecule has 2 aromatic carbocycles. The van der Waals surface area contributed by atoms with Gasteiger partial charge >= 0.3 is 0 Å². The number of hydrogen-bond acceptors (Lipinski definition) is 6. The summed E-state index contributed by atoms with van der Waals surface area (Å²) in [6.45, 7) is 3.24. The Bertz CT molecular complexity index is 1400. The summed E-state index contributed by atoms with van der Waals surface area (Å²) in [6, 6.07) is 8.49. The molecule has 7 nitrogen and oxygen atoms in total. The van der Waals surface area contributed by atoms with E-state index in [1.165, 1.54) is 16.9 Å². The predicted octanol–water partition coefficient (Wildman–Crippen LogP) is 4.75. The second-order valence-electron chi connectivity index (χ2n) is 9.49. The number of sulfonamides is 1. The normalized spacial score (nSPS) is 19.5. The van der Waals surface area contributed by atoms with Crippen LogP contribution < -0.4 is 4.90 Å². The number of halogens is 2. The first-order chi connectivity index (χ1) is 17.8. The molecule has 3 heterocycles. The van der Waals surface area contributed by atoms with E-state index in [1.807, 2.05) is 12.1 Å². The Morgan fingerprint density at radius 2 is 1.95 bits per heavy atom. The number of amides is 1. The highest BCUT2D eigenvalue weighted by Gasteiger charge is 2.37. The van der Waals surface area contributed by atoms with Gasteiger partial charge < -0.3 is 4.74 Å². The highest BCUT2D eigenvalue weighted by molar-refractivity contribution is 7.89. The zero-order valence-corrected chi connectivity index (χ0v) is 22.2. The van der Waals surface area contributed by atoms with Gasteiger partial charge in [0, 0.05) is 25.6 Å². The van der Waals surface area contributed by atoms with E-state index in [2.05, 4.69) is 13.0 Å². The third kappa shape index (κ3) is 5.41. The number of benzene rings is 2. The SMILES string of the molecule is CCc1ccc2nc(N(CC3CCCO3)C(=O)C3CCN(S(=O)(=O)c4cc(F)ccc4F)CC3)sc2c1. The van der Waals surface area contributed by atoms with E-state index in [0.29, 0.717) is 24.3 Å². The molecule has 0 N–H and O–H groups in total. The summed E-state index contributed by atoms with van der Waals surface area (Å²) < 4.78 is 61.7. The monoisotopic (exact) mass is 549 g/mol. The summed E-state index contributed by atoms with van der Waals surface area (Å²) in [7, 11) is -4.22. The van der Waals surface area contributed by atoms with Gasteiger partial charge in [-0.1, -0.05) is 24.3 Å². The summed E-state index contributed by atoms with van der Waals surface area (Å²) in [4.78, 5) is 19.5. The number of ether oxygens (including phenoxy) is 1. The van der Waals surface area contributed by atoms with Gasteiger partial charge in [0.05, 0.1) is 22.9 Å². The largest absolute Gasteiger partial charge is 0.376 e. The van der Waals surface area contributed by atoms with Gasteiger partial charge in [-0.05, 0) is 68.0 Å². The lowest BCUT2D eigenvalue weighted by Gasteiger charge is -2.33. The molecule has 0 radical (unpaired) electrons. The van der Waals surface area contributed by atoms with Gasteiger partial charge in [-0.25, -0.2) is 22.2 Å². The third-order valence-corrected chi connectivity index (χ3v) is 10.0. The van der Waals surface area contributed by atoms with Crippen LogP contribution in [0.15, 0.2) is 41.3 Å². The summed E-state index contributed by atoms with van der Waals surface area (Å²) >= 11 is 1.47. The standard InChI is InChI=1S/C26H29F2N3O4S2/c1-2-17-5-8-22-23(14-17)36-26(29-22)31(16-20-4-3-13-35-20)25(32)18-9-11-30(12-10-18)37(33,34)24-15-19(27)6-7-21(24)28/h5-8,14-15,18,20H,2-4,9-13,16H2,1H3. The zero-order chi connectivity index (χ0) is 26.2. The van der Waals surface area contributed by atoms with Crippen LogP contribution >= 0.6 is 11.3 Å². The summed E-state index contributed by atoms with van der Waals surface area (Å²) in [6.07, 6.45) is 3.20. The molecule has 1 atom stereocenters. The molecule has 2 aliphatic heterocycles. The number of fused-ring (bicyclic) bond motifs is 1. The molecule has 0 spiro atoms. The zero-order valence-electron chi connectivity index (χ0n) is 20.5. The van der Waals surface area contributed by atoms with Gasteiger partial charge in [-0.3, -0.25) is 9.69 Å². The van der Waals surface area contributed by atoms with Crippen molar-refractivity contribution < 1.29 is 26.7 Å². The molecule has 11 heteroatoms. The first-order valence-electron chi connectivity index (χ1n) is 12.5. The van der Waals surface area contributed by atoms with Gasteiger partial charge in [0.15, 0.2) is 5.13 Å². The number of carbonyl (C=O) groups excluding carboxylic acids is 1. The minimum atomic E-state index is -4.22. The molecule has 5 rings (SSSR count). The average Bonchev–Trinajstić information content (AvgIpc) is 3.57. The summed E-state index contributed by atoms with van der Waals surface area (Å²) in [5, 5.41) is 0.612. The number of thiazole rings is 1. The highest BCUT2D eigenvalue weighted by Crippen LogP contribution is 2.34. The minimum absolute atomic E-state index is 0.0438. The molecule has 1 amide bonds. The van der Waals surface area contributed by atoms with Crippen LogP contribution in [0.5, 0.6) is 0 Å². The van der Waals surface area contributed by atoms with Gasteiger partial charge in [0.25, 0.3) is 0 Å². The van der Waals surface area contributed by atoms with E-state index in [0.717, 1.165) is 45.9 Å². The number of piperidine rings is 1. The molecule has 0 aliphatic carbocycles. The van der Waals surface area contributed by atoms with E-state index in [1.54, 1.807) is 4.90 Å². The maximum absolute atomic E-state index is 14.2. The van der Waals surface area contributed by atoms with Crippen molar-refractivity contribution in [1.29, 1.82) is 0 Å². The highest BCUT2D eigenvalue weighted by atomic mass is 32.2. The van der Waals surface area contributed by atoms with Gasteiger partial charge in [-0.2, -0.15) is 4.31 Å². The second-order valence-corrected chi connectivity index (χ2v) is 12.4. The fraction of sp³-hybridized carbons (Fsp3) is 0.462. The number of hydrogen-bond donors (Lipinski definition) is 0. The van der Waals surface area contributed by atoms with Crippen molar-refractivity contribution >= 4 is 42.6 Å². The van der Waals surface area contributed by atoms with Gasteiger partial charge in [0.1, 0.15) is 16.5 Å². The number of nitrogens with zero attached hydrogens (tertiary/aromatic N) is 3. The molecule has 198 valence electrons. The van der Waals surface area contributed by atoms with Crippen LogP contribution in [-0.2, 0) is 26.0 Å². The average molecular weight is 550 g/mol. The molecular weight excluding hydrogens is 520 g/mol. The molecule has 0 saturated carbocycles. The Kier molecular flexibility index (Phi) is 7.58. The van der Waals surface area contributed by atoms with Crippen molar-refractivity contribution in [2.75, 3.05) is 31.1 Å². The second kappa shape index (κ2) is 10.7. The molecule has 2 fully saturated rings. The predicted molar refractivity (Wildman–Crippen MR) is 138 cm³/mol. The van der Waals surface area contributed by atoms with Crippen LogP contribution in [0.3, 0.4) is 0 Å². The van der Waals surface area contributed by atoms with Gasteiger partial charge in [0.2, 0.25) is 15.9 Å². The first-order valence-corrected chi connectivity index (χ1v) is 14.8. The molecule has 1 aromatic heterocycles. The maximum Gasteiger partial charge on any atom is 0.246 e. The lowest BCUT2D eigenvalue weighted by molar-refractivity contribution is -0.123. The number of carbonyl (C=O) groups is 1. The van der Waals surface area contributed by atoms with Crippen LogP contribution in [0.2, 0.25) is 0 Å². The molecule has 0 bridgehead atoms. The Hall–Kier alpha value is -2.47. The fourth-order valence-electron chi connectivity index (χ4n) is 4.92. The molecule has 1 unspecified atom stereocenters. The van der Waals surface area contributed by atoms with Crippen LogP contribution in [-0.4, -0.2) is 56.0 Å². The Labute approximate surface area is 219 Å². The van der Waals surface area contributed by atoms with Crippen LogP contribution in [0.4, 0.5) is 13.9 Å². The van der Waals surface area contributed by atoms with E-state index in [9.17, 15) is 22.0 Å². The van der Waals surface area contributed by atoms with Crippen molar-refractivity contribution in [1.82, 2.24) is 9.29 Å². The van der Waals surface area contributed by atoms with Crippen molar-refractivity contribution in [3.63, 3.8) is 0 Å². The first kappa shape index (κ1) is 26.1. The van der Waals surface area contributed by atoms with Crippen LogP contribution in [0, 0.1) is 17.6 Å². The molecule has 3 aromatic rings. The van der Waals surface area contributed by atoms with Crippen molar-refractivity contribution in [3.05, 3.63) is 53.6 Å². The van der Waals surface area contributed by atoms with Gasteiger partial charge in [-0.15, -0.1) is 0 Å². The van der Waals surface area contributed by atoms with Crippen LogP contribution in [0.25, 0.3) is 10.2 Å². The minimum Gasteiger partial charge on any atom is -0.376 e. The quantitative estimate of drug-likeness (QED) is 0.425. The number of aromatic nitrogens is 1. The van der Waals surface area contributed by atoms with E-state index in [-0.39, 0.29) is 37.9 Å². The lowest BCUT2D eigenvalue weighted by atomic mass is 9.96. The summed E-state index contributed by atoms with van der Waals surface area (Å²) in [5.41, 5.74) is 2.03. The molecule has 2 aliphatic rings. The van der Waals surface area contributed by atoms with E-state index >= 15 is 0 Å². The molecular formula is C26H29F2N3O4S2. The Morgan fingerprint density at radius 3 is 2.65 bits per heavy atom. The van der Waals surface area contributed by atoms with Crippen molar-refractivity contribution in [3.8, 4) is 0 Å². The topological polar surface area (TPSA) is 79.8 Å². The smallest absolute Gasteiger partial charge is 0.246 e. The maximum atomic E-state index is 14.2. The summed E-state index contributed by atoms with van der Waals surface area (Å²) in [5.74, 6) is -2.34. The fourth-order valence-corrected chi connectivity index (χ4v) is 7.51. The number of rotatable bonds is 7. The van der Waals surface area contributed by atoms with E-state index in [4.69, 9.17) is 9.72 Å². The number of anilines is 1. The third-order valence-electron chi connectivity index (χ3n) is 7.07. The van der Waals surface area contributed by atoms with Crippen molar-refractivity contribution in [2.24, 2.45) is 5.92 Å². The molecule has 37 heavy (non-hydrogen) atoms. The Morgan fingerprint density at radius 1 is 1.16 bits per heavy atom. The van der Waals surface area contributed by atoms with E-state index < -0.39 is 32.5 Å². The van der Waals surface area contributed by atoms with Crippen LogP contribution in [0.1, 0.15) is 38.2 Å². The Balaban J connectivity index is 1.35. The van der Waals surface area contributed by atoms with Crippen molar-refractivity contribution in [2.45, 2.75) is 50.0 Å².